The molecule has 0 atom stereocenters. The van der Waals surface area contributed by atoms with E-state index >= 15 is 0 Å². The van der Waals surface area contributed by atoms with Gasteiger partial charge in [-0.3, -0.25) is 4.79 Å². The van der Waals surface area contributed by atoms with Gasteiger partial charge in [-0.15, -0.1) is 0 Å². The zero-order valence-corrected chi connectivity index (χ0v) is 17.0. The van der Waals surface area contributed by atoms with Crippen LogP contribution in [0.2, 0.25) is 0 Å². The Morgan fingerprint density at radius 2 is 1.69 bits per heavy atom. The van der Waals surface area contributed by atoms with E-state index in [0.717, 1.165) is 5.56 Å². The molecular formula is C21H34NO4+. The van der Waals surface area contributed by atoms with E-state index in [4.69, 9.17) is 14.7 Å². The van der Waals surface area contributed by atoms with Crippen molar-refractivity contribution in [2.24, 2.45) is 5.41 Å². The lowest BCUT2D eigenvalue weighted by molar-refractivity contribution is -0.260. The van der Waals surface area contributed by atoms with Gasteiger partial charge in [0.2, 0.25) is 0 Å². The summed E-state index contributed by atoms with van der Waals surface area (Å²) in [4.78, 5) is 12.7. The van der Waals surface area contributed by atoms with E-state index < -0.39 is 5.41 Å². The Balaban J connectivity index is 1.91. The summed E-state index contributed by atoms with van der Waals surface area (Å²) in [5, 5.41) is 9.96. The summed E-state index contributed by atoms with van der Waals surface area (Å²) in [7, 11) is 0. The van der Waals surface area contributed by atoms with Gasteiger partial charge in [-0.2, -0.15) is 0 Å². The highest BCUT2D eigenvalue weighted by atomic mass is 16.6. The van der Waals surface area contributed by atoms with Crippen molar-refractivity contribution in [2.75, 3.05) is 6.61 Å². The first-order chi connectivity index (χ1) is 11.9. The van der Waals surface area contributed by atoms with E-state index in [1.807, 2.05) is 71.9 Å². The number of nitrogens with zero attached hydrogens (tertiary/aromatic N) is 1. The second-order valence-electron chi connectivity index (χ2n) is 9.26. The molecule has 1 aromatic rings. The highest BCUT2D eigenvalue weighted by Crippen LogP contribution is 2.38. The van der Waals surface area contributed by atoms with Crippen LogP contribution in [0.1, 0.15) is 59.9 Å². The minimum absolute atomic E-state index is 0.178. The van der Waals surface area contributed by atoms with Crippen LogP contribution in [0.4, 0.5) is 0 Å². The van der Waals surface area contributed by atoms with Gasteiger partial charge in [0, 0.05) is 12.8 Å². The zero-order valence-electron chi connectivity index (χ0n) is 17.0. The van der Waals surface area contributed by atoms with Crippen LogP contribution < -0.4 is 0 Å². The molecule has 1 aliphatic heterocycles. The van der Waals surface area contributed by atoms with E-state index in [1.165, 1.54) is 0 Å². The number of ether oxygens (including phenoxy) is 2. The lowest BCUT2D eigenvalue weighted by atomic mass is 9.80. The SMILES string of the molecule is CC(C)(COCc1ccccc1)C(=O)OC1CC(C)(C)N([OH2+])C(C)(C)C1. The molecule has 146 valence electrons. The first-order valence-corrected chi connectivity index (χ1v) is 9.28. The zero-order chi connectivity index (χ0) is 19.6. The summed E-state index contributed by atoms with van der Waals surface area (Å²) in [5.41, 5.74) is -0.286. The summed E-state index contributed by atoms with van der Waals surface area (Å²) >= 11 is 0. The average Bonchev–Trinajstić information content (AvgIpc) is 2.53. The number of hydroxylamine groups is 2. The number of carbonyl (C=O) groups is 1. The van der Waals surface area contributed by atoms with Crippen molar-refractivity contribution in [1.29, 1.82) is 0 Å². The first-order valence-electron chi connectivity index (χ1n) is 9.28. The lowest BCUT2D eigenvalue weighted by Gasteiger charge is -2.47. The van der Waals surface area contributed by atoms with Gasteiger partial charge >= 0.3 is 5.97 Å². The number of benzene rings is 1. The third-order valence-electron chi connectivity index (χ3n) is 5.07. The summed E-state index contributed by atoms with van der Waals surface area (Å²) in [5.74, 6) is -0.236. The fourth-order valence-corrected chi connectivity index (χ4v) is 3.64. The van der Waals surface area contributed by atoms with Crippen molar-refractivity contribution in [3.63, 3.8) is 0 Å². The van der Waals surface area contributed by atoms with Crippen LogP contribution in [0.5, 0.6) is 0 Å². The Labute approximate surface area is 157 Å². The van der Waals surface area contributed by atoms with E-state index in [2.05, 4.69) is 0 Å². The van der Waals surface area contributed by atoms with Gasteiger partial charge in [-0.1, -0.05) is 35.4 Å². The summed E-state index contributed by atoms with van der Waals surface area (Å²) in [6.45, 7) is 12.6. The Hall–Kier alpha value is -1.43. The van der Waals surface area contributed by atoms with Crippen molar-refractivity contribution in [1.82, 2.24) is 5.06 Å². The standard InChI is InChI=1S/C21H33NO4/c1-19(2,15-25-14-16-10-8-7-9-11-16)18(23)26-17-12-20(3,4)22(24)21(5,6)13-17/h7-11,17,24H,12-15H2,1-6H3/p+1. The van der Waals surface area contributed by atoms with Crippen LogP contribution in [0.3, 0.4) is 0 Å². The van der Waals surface area contributed by atoms with Crippen LogP contribution in [0.25, 0.3) is 0 Å². The van der Waals surface area contributed by atoms with Crippen LogP contribution in [0.15, 0.2) is 30.3 Å². The maximum absolute atomic E-state index is 12.7. The van der Waals surface area contributed by atoms with Gasteiger partial charge in [0.1, 0.15) is 6.10 Å². The molecule has 1 aliphatic rings. The van der Waals surface area contributed by atoms with Crippen molar-refractivity contribution >= 4 is 5.97 Å². The minimum Gasteiger partial charge on any atom is -0.462 e. The molecule has 0 aromatic heterocycles. The Bertz CT molecular complexity index is 592. The predicted molar refractivity (Wildman–Crippen MR) is 103 cm³/mol. The number of carbonyl (C=O) groups excluding carboxylic acids is 1. The van der Waals surface area contributed by atoms with E-state index in [0.29, 0.717) is 26.1 Å². The van der Waals surface area contributed by atoms with Crippen LogP contribution in [-0.2, 0) is 20.9 Å². The predicted octanol–water partition coefficient (Wildman–Crippen LogP) is 3.43. The topological polar surface area (TPSA) is 61.7 Å². The van der Waals surface area contributed by atoms with Gasteiger partial charge in [-0.25, -0.2) is 0 Å². The largest absolute Gasteiger partial charge is 0.462 e. The molecule has 0 unspecified atom stereocenters. The number of piperidine rings is 1. The molecule has 5 nitrogen and oxygen atoms in total. The quantitative estimate of drug-likeness (QED) is 0.573. The molecule has 1 aromatic carbocycles. The molecule has 1 fully saturated rings. The molecule has 0 amide bonds. The molecule has 0 radical (unpaired) electrons. The molecule has 2 N–H and O–H groups in total. The van der Waals surface area contributed by atoms with Gasteiger partial charge in [0.25, 0.3) is 0 Å². The molecule has 0 spiro atoms. The normalized spacial score (nSPS) is 20.7. The van der Waals surface area contributed by atoms with Crippen LogP contribution in [-0.4, -0.2) is 40.0 Å². The number of esters is 1. The molecule has 0 aliphatic carbocycles. The number of hydrogen-bond donors (Lipinski definition) is 0. The second kappa shape index (κ2) is 7.67. The molecule has 26 heavy (non-hydrogen) atoms. The van der Waals surface area contributed by atoms with Gasteiger partial charge in [-0.05, 0) is 47.1 Å². The molecule has 0 bridgehead atoms. The maximum Gasteiger partial charge on any atom is 0.314 e. The second-order valence-corrected chi connectivity index (χ2v) is 9.26. The fourth-order valence-electron chi connectivity index (χ4n) is 3.64. The molecule has 1 heterocycles. The number of hydrogen-bond acceptors (Lipinski definition) is 4. The smallest absolute Gasteiger partial charge is 0.314 e. The van der Waals surface area contributed by atoms with Crippen molar-refractivity contribution < 1.29 is 19.5 Å². The third kappa shape index (κ3) is 5.06. The van der Waals surface area contributed by atoms with Crippen molar-refractivity contribution in [2.45, 2.75) is 78.2 Å². The van der Waals surface area contributed by atoms with Crippen molar-refractivity contribution in [3.8, 4) is 0 Å². The highest BCUT2D eigenvalue weighted by molar-refractivity contribution is 5.76. The van der Waals surface area contributed by atoms with Gasteiger partial charge in [0.15, 0.2) is 0 Å². The van der Waals surface area contributed by atoms with Crippen LogP contribution >= 0.6 is 0 Å². The summed E-state index contributed by atoms with van der Waals surface area (Å²) in [6.07, 6.45) is 1.14. The Morgan fingerprint density at radius 3 is 2.23 bits per heavy atom. The molecule has 2 rings (SSSR count). The highest BCUT2D eigenvalue weighted by Gasteiger charge is 2.50. The van der Waals surface area contributed by atoms with Crippen LogP contribution in [0, 0.1) is 5.41 Å². The maximum atomic E-state index is 12.7. The Kier molecular flexibility index (Phi) is 6.16. The fraction of sp³-hybridized carbons (Fsp3) is 0.667. The van der Waals surface area contributed by atoms with E-state index in [9.17, 15) is 4.79 Å². The summed E-state index contributed by atoms with van der Waals surface area (Å²) in [6, 6.07) is 9.92. The average molecular weight is 365 g/mol. The molecule has 0 saturated carbocycles. The van der Waals surface area contributed by atoms with E-state index in [1.54, 1.807) is 5.06 Å². The van der Waals surface area contributed by atoms with E-state index in [-0.39, 0.29) is 23.2 Å². The van der Waals surface area contributed by atoms with Crippen molar-refractivity contribution in [3.05, 3.63) is 35.9 Å². The van der Waals surface area contributed by atoms with Gasteiger partial charge in [0.05, 0.1) is 29.7 Å². The number of rotatable bonds is 6. The van der Waals surface area contributed by atoms with Gasteiger partial charge < -0.3 is 14.7 Å². The minimum atomic E-state index is -0.707. The molecule has 5 heteroatoms. The molecule has 1 saturated heterocycles. The Morgan fingerprint density at radius 1 is 1.15 bits per heavy atom. The lowest BCUT2D eigenvalue weighted by Crippen LogP contribution is -2.61. The first kappa shape index (κ1) is 20.9. The third-order valence-corrected chi connectivity index (χ3v) is 5.07. The summed E-state index contributed by atoms with van der Waals surface area (Å²) < 4.78 is 11.6. The molecular weight excluding hydrogens is 330 g/mol. The monoisotopic (exact) mass is 364 g/mol.